The Labute approximate surface area is 108 Å². The molecule has 0 aliphatic rings. The van der Waals surface area contributed by atoms with E-state index in [4.69, 9.17) is 0 Å². The molecule has 1 N–H and O–H groups in total. The summed E-state index contributed by atoms with van der Waals surface area (Å²) in [6.07, 6.45) is 2.33. The molecule has 0 aliphatic carbocycles. The van der Waals surface area contributed by atoms with E-state index in [0.717, 1.165) is 6.42 Å². The lowest BCUT2D eigenvalue weighted by Gasteiger charge is -2.26. The third-order valence-electron chi connectivity index (χ3n) is 2.38. The molecule has 0 aliphatic heterocycles. The largest absolute Gasteiger partial charge is 0.391 e. The van der Waals surface area contributed by atoms with Crippen molar-refractivity contribution < 1.29 is 9.90 Å². The molecule has 0 aromatic carbocycles. The molecule has 0 unspecified atom stereocenters. The van der Waals surface area contributed by atoms with Crippen LogP contribution in [0.3, 0.4) is 0 Å². The van der Waals surface area contributed by atoms with Crippen LogP contribution in [-0.4, -0.2) is 32.6 Å². The highest BCUT2D eigenvalue weighted by molar-refractivity contribution is 8.14. The van der Waals surface area contributed by atoms with Gasteiger partial charge in [-0.05, 0) is 12.7 Å². The molecule has 0 saturated carbocycles. The maximum Gasteiger partial charge on any atom is 0.194 e. The summed E-state index contributed by atoms with van der Waals surface area (Å²) >= 11 is 2.95. The highest BCUT2D eigenvalue weighted by atomic mass is 32.2. The number of hydrogen-bond acceptors (Lipinski definition) is 4. The number of carbonyl (C=O) groups excluding carboxylic acids is 1. The molecule has 0 aromatic heterocycles. The summed E-state index contributed by atoms with van der Waals surface area (Å²) in [5.74, 6) is -0.290. The molecule has 0 bridgehead atoms. The lowest BCUT2D eigenvalue weighted by Crippen LogP contribution is -2.34. The van der Waals surface area contributed by atoms with E-state index >= 15 is 0 Å². The van der Waals surface area contributed by atoms with Crippen molar-refractivity contribution in [1.82, 2.24) is 0 Å². The number of carbonyl (C=O) groups is 1. The standard InChI is InChI=1S/C12H24O2S2/c1-7-9(15-6)10(13)8(2)11(14)16-12(3,4)5/h8-10,13H,7H2,1-6H3/t8-,9-,10+/m1/s1. The van der Waals surface area contributed by atoms with Crippen LogP contribution in [0.2, 0.25) is 0 Å². The van der Waals surface area contributed by atoms with Gasteiger partial charge in [-0.15, -0.1) is 0 Å². The van der Waals surface area contributed by atoms with Gasteiger partial charge in [0.1, 0.15) is 0 Å². The van der Waals surface area contributed by atoms with Crippen molar-refractivity contribution in [3.8, 4) is 0 Å². The molecule has 0 spiro atoms. The number of thioether (sulfide) groups is 2. The Kier molecular flexibility index (Phi) is 7.06. The molecule has 4 heteroatoms. The summed E-state index contributed by atoms with van der Waals surface area (Å²) in [6.45, 7) is 9.91. The first-order valence-electron chi connectivity index (χ1n) is 5.66. The van der Waals surface area contributed by atoms with E-state index in [1.54, 1.807) is 11.8 Å². The van der Waals surface area contributed by atoms with Crippen LogP contribution < -0.4 is 0 Å². The Morgan fingerprint density at radius 3 is 2.19 bits per heavy atom. The minimum Gasteiger partial charge on any atom is -0.391 e. The van der Waals surface area contributed by atoms with Gasteiger partial charge in [0.2, 0.25) is 0 Å². The zero-order chi connectivity index (χ0) is 12.9. The number of rotatable bonds is 5. The highest BCUT2D eigenvalue weighted by Gasteiger charge is 2.30. The summed E-state index contributed by atoms with van der Waals surface area (Å²) in [4.78, 5) is 11.9. The van der Waals surface area contributed by atoms with Crippen LogP contribution >= 0.6 is 23.5 Å². The van der Waals surface area contributed by atoms with Crippen LogP contribution in [0.5, 0.6) is 0 Å². The predicted molar refractivity (Wildman–Crippen MR) is 75.1 cm³/mol. The number of hydrogen-bond donors (Lipinski definition) is 1. The van der Waals surface area contributed by atoms with Gasteiger partial charge in [-0.2, -0.15) is 11.8 Å². The van der Waals surface area contributed by atoms with Gasteiger partial charge in [0, 0.05) is 10.00 Å². The van der Waals surface area contributed by atoms with E-state index < -0.39 is 6.10 Å². The fourth-order valence-electron chi connectivity index (χ4n) is 1.40. The predicted octanol–water partition coefficient (Wildman–Crippen LogP) is 3.18. The Hall–Kier alpha value is 0.330. The van der Waals surface area contributed by atoms with Gasteiger partial charge in [0.05, 0.1) is 12.0 Å². The van der Waals surface area contributed by atoms with Gasteiger partial charge in [-0.1, -0.05) is 46.4 Å². The minimum absolute atomic E-state index is 0.0772. The first kappa shape index (κ1) is 16.3. The lowest BCUT2D eigenvalue weighted by molar-refractivity contribution is -0.117. The first-order chi connectivity index (χ1) is 7.22. The van der Waals surface area contributed by atoms with Gasteiger partial charge in [-0.25, -0.2) is 0 Å². The molecule has 96 valence electrons. The van der Waals surface area contributed by atoms with E-state index in [1.807, 2.05) is 40.9 Å². The molecule has 0 rings (SSSR count). The Morgan fingerprint density at radius 1 is 1.38 bits per heavy atom. The van der Waals surface area contributed by atoms with Crippen LogP contribution in [0.4, 0.5) is 0 Å². The second kappa shape index (κ2) is 6.92. The Bertz CT molecular complexity index is 220. The van der Waals surface area contributed by atoms with Crippen molar-refractivity contribution >= 4 is 28.6 Å². The molecule has 2 nitrogen and oxygen atoms in total. The van der Waals surface area contributed by atoms with Gasteiger partial charge in [0.15, 0.2) is 5.12 Å². The lowest BCUT2D eigenvalue weighted by atomic mass is 10.0. The third-order valence-corrected chi connectivity index (χ3v) is 4.78. The molecule has 0 radical (unpaired) electrons. The average Bonchev–Trinajstić information content (AvgIpc) is 2.15. The molecule has 0 heterocycles. The molecule has 16 heavy (non-hydrogen) atoms. The van der Waals surface area contributed by atoms with E-state index in [-0.39, 0.29) is 21.0 Å². The van der Waals surface area contributed by atoms with Crippen molar-refractivity contribution in [2.24, 2.45) is 5.92 Å². The molecular weight excluding hydrogens is 240 g/mol. The fourth-order valence-corrected chi connectivity index (χ4v) is 3.18. The SMILES string of the molecule is CC[C@@H](SC)[C@@H](O)[C@@H](C)C(=O)SC(C)(C)C. The van der Waals surface area contributed by atoms with Crippen LogP contribution in [0.25, 0.3) is 0 Å². The van der Waals surface area contributed by atoms with Gasteiger partial charge < -0.3 is 5.11 Å². The normalized spacial score (nSPS) is 17.9. The number of aliphatic hydroxyl groups is 1. The Morgan fingerprint density at radius 2 is 1.88 bits per heavy atom. The zero-order valence-corrected chi connectivity index (χ0v) is 12.7. The molecule has 0 saturated heterocycles. The maximum absolute atomic E-state index is 11.9. The van der Waals surface area contributed by atoms with E-state index in [1.165, 1.54) is 11.8 Å². The highest BCUT2D eigenvalue weighted by Crippen LogP contribution is 2.30. The monoisotopic (exact) mass is 264 g/mol. The fraction of sp³-hybridized carbons (Fsp3) is 0.917. The molecule has 0 aromatic rings. The quantitative estimate of drug-likeness (QED) is 0.827. The van der Waals surface area contributed by atoms with Crippen molar-refractivity contribution in [2.75, 3.05) is 6.26 Å². The van der Waals surface area contributed by atoms with Crippen LogP contribution in [0.1, 0.15) is 41.0 Å². The van der Waals surface area contributed by atoms with Gasteiger partial charge in [0.25, 0.3) is 0 Å². The van der Waals surface area contributed by atoms with Crippen LogP contribution in [0, 0.1) is 5.92 Å². The summed E-state index contributed by atoms with van der Waals surface area (Å²) in [5.41, 5.74) is 0. The molecule has 0 fully saturated rings. The maximum atomic E-state index is 11.9. The summed E-state index contributed by atoms with van der Waals surface area (Å²) in [6, 6.07) is 0. The van der Waals surface area contributed by atoms with E-state index in [0.29, 0.717) is 0 Å². The molecule has 3 atom stereocenters. The van der Waals surface area contributed by atoms with Crippen molar-refractivity contribution in [3.63, 3.8) is 0 Å². The van der Waals surface area contributed by atoms with Crippen molar-refractivity contribution in [2.45, 2.75) is 57.1 Å². The second-order valence-electron chi connectivity index (χ2n) is 5.00. The first-order valence-corrected chi connectivity index (χ1v) is 7.77. The van der Waals surface area contributed by atoms with E-state index in [9.17, 15) is 9.90 Å². The zero-order valence-electron chi connectivity index (χ0n) is 11.1. The average molecular weight is 264 g/mol. The van der Waals surface area contributed by atoms with Gasteiger partial charge in [-0.3, -0.25) is 4.79 Å². The summed E-state index contributed by atoms with van der Waals surface area (Å²) in [7, 11) is 0. The van der Waals surface area contributed by atoms with Crippen LogP contribution in [-0.2, 0) is 4.79 Å². The summed E-state index contributed by atoms with van der Waals surface area (Å²) < 4.78 is -0.0772. The van der Waals surface area contributed by atoms with E-state index in [2.05, 4.69) is 0 Å². The summed E-state index contributed by atoms with van der Waals surface area (Å²) in [5, 5.41) is 10.3. The van der Waals surface area contributed by atoms with Gasteiger partial charge >= 0.3 is 0 Å². The molecule has 0 amide bonds. The second-order valence-corrected chi connectivity index (χ2v) is 7.90. The van der Waals surface area contributed by atoms with Crippen LogP contribution in [0.15, 0.2) is 0 Å². The van der Waals surface area contributed by atoms with Crippen molar-refractivity contribution in [1.29, 1.82) is 0 Å². The number of aliphatic hydroxyl groups excluding tert-OH is 1. The minimum atomic E-state index is -0.539. The van der Waals surface area contributed by atoms with Crippen molar-refractivity contribution in [3.05, 3.63) is 0 Å². The third kappa shape index (κ3) is 5.60. The topological polar surface area (TPSA) is 37.3 Å². The Balaban J connectivity index is 4.42. The smallest absolute Gasteiger partial charge is 0.194 e. The molecular formula is C12H24O2S2.